The van der Waals surface area contributed by atoms with E-state index in [9.17, 15) is 29.4 Å². The van der Waals surface area contributed by atoms with Gasteiger partial charge in [-0.15, -0.1) is 0 Å². The van der Waals surface area contributed by atoms with E-state index >= 15 is 0 Å². The van der Waals surface area contributed by atoms with Gasteiger partial charge >= 0.3 is 11.9 Å². The van der Waals surface area contributed by atoms with Gasteiger partial charge in [0.25, 0.3) is 5.91 Å². The number of aliphatic carboxylic acids is 1. The summed E-state index contributed by atoms with van der Waals surface area (Å²) in [6.07, 6.45) is 2.83. The molecule has 0 unspecified atom stereocenters. The highest BCUT2D eigenvalue weighted by atomic mass is 16.4. The van der Waals surface area contributed by atoms with Gasteiger partial charge in [0.1, 0.15) is 5.68 Å². The zero-order valence-electron chi connectivity index (χ0n) is 26.7. The van der Waals surface area contributed by atoms with Gasteiger partial charge in [-0.3, -0.25) is 4.79 Å². The molecule has 1 amide bonds. The fourth-order valence-electron chi connectivity index (χ4n) is 6.54. The van der Waals surface area contributed by atoms with Crippen LogP contribution in [0, 0.1) is 13.8 Å². The number of hydrogen-bond donors (Lipinski definition) is 3. The van der Waals surface area contributed by atoms with Crippen molar-refractivity contribution < 1.29 is 29.4 Å². The summed E-state index contributed by atoms with van der Waals surface area (Å²) in [7, 11) is 1.59. The third-order valence-electron chi connectivity index (χ3n) is 8.71. The van der Waals surface area contributed by atoms with Crippen LogP contribution in [0.1, 0.15) is 53.3 Å². The van der Waals surface area contributed by atoms with Crippen LogP contribution in [0.4, 0.5) is 0 Å². The van der Waals surface area contributed by atoms with Crippen LogP contribution in [0.2, 0.25) is 6.32 Å². The van der Waals surface area contributed by atoms with Crippen molar-refractivity contribution in [2.75, 3.05) is 6.54 Å². The molecule has 48 heavy (non-hydrogen) atoms. The second-order valence-electron chi connectivity index (χ2n) is 12.1. The molecule has 6 aromatic rings. The molecule has 0 bridgehead atoms. The number of aromatic carboxylic acids is 1. The summed E-state index contributed by atoms with van der Waals surface area (Å²) in [4.78, 5) is 51.5. The van der Waals surface area contributed by atoms with Crippen LogP contribution in [-0.2, 0) is 17.6 Å². The zero-order chi connectivity index (χ0) is 33.9. The topological polar surface area (TPSA) is 121 Å². The van der Waals surface area contributed by atoms with E-state index in [1.54, 1.807) is 43.7 Å². The highest BCUT2D eigenvalue weighted by Gasteiger charge is 2.22. The van der Waals surface area contributed by atoms with Crippen LogP contribution in [-0.4, -0.2) is 47.6 Å². The van der Waals surface area contributed by atoms with E-state index in [0.717, 1.165) is 28.3 Å². The molecule has 6 rings (SSSR count). The van der Waals surface area contributed by atoms with Gasteiger partial charge in [0, 0.05) is 29.1 Å². The zero-order valence-corrected chi connectivity index (χ0v) is 26.7. The molecule has 0 fully saturated rings. The number of carboxylic acids is 2. The lowest BCUT2D eigenvalue weighted by molar-refractivity contribution is -0.129. The standard InChI is InChI=1S/C40H33BNO6/c1-23-5-3-7-25(19-23)15-17-41-38(45)30-13-11-28-29-12-14-32(40(47)48)37-31(39(46)42-18-16-26-8-4-6-24(2)20-26)10-9-27(36(29)37)21-33(28)34(30)22-35(43)44/h3-14,19-22H,15-18H2,1-2H3,(H,42,46)(H,43,44)(H,47,48)/b34-22+. The van der Waals surface area contributed by atoms with Crippen LogP contribution in [0.15, 0.2) is 91.0 Å². The Kier molecular flexibility index (Phi) is 9.08. The van der Waals surface area contributed by atoms with E-state index in [0.29, 0.717) is 58.0 Å². The Morgan fingerprint density at radius 3 is 2.00 bits per heavy atom. The van der Waals surface area contributed by atoms with Gasteiger partial charge in [-0.05, 0) is 88.2 Å². The van der Waals surface area contributed by atoms with Crippen molar-refractivity contribution in [3.8, 4) is 0 Å². The van der Waals surface area contributed by atoms with E-state index in [1.165, 1.54) is 6.07 Å². The molecule has 0 aliphatic heterocycles. The van der Waals surface area contributed by atoms with Crippen molar-refractivity contribution in [3.63, 3.8) is 0 Å². The van der Waals surface area contributed by atoms with Crippen LogP contribution < -0.4 is 10.5 Å². The Morgan fingerprint density at radius 1 is 0.688 bits per heavy atom. The molecule has 6 aromatic carbocycles. The molecule has 8 heteroatoms. The van der Waals surface area contributed by atoms with Gasteiger partial charge in [-0.2, -0.15) is 0 Å². The third-order valence-corrected chi connectivity index (χ3v) is 8.71. The average molecular weight is 635 g/mol. The number of carboxylic acid groups (broad SMARTS) is 2. The Bertz CT molecular complexity index is 2330. The van der Waals surface area contributed by atoms with Gasteiger partial charge in [0.05, 0.1) is 5.56 Å². The largest absolute Gasteiger partial charge is 0.478 e. The van der Waals surface area contributed by atoms with Crippen LogP contribution in [0.25, 0.3) is 38.4 Å². The lowest BCUT2D eigenvalue weighted by atomic mass is 9.65. The number of carbonyl (C=O) groups excluding carboxylic acids is 2. The lowest BCUT2D eigenvalue weighted by Gasteiger charge is -2.16. The molecule has 7 nitrogen and oxygen atoms in total. The van der Waals surface area contributed by atoms with Gasteiger partial charge in [0.2, 0.25) is 7.28 Å². The second kappa shape index (κ2) is 13.5. The van der Waals surface area contributed by atoms with Gasteiger partial charge < -0.3 is 20.3 Å². The van der Waals surface area contributed by atoms with Crippen molar-refractivity contribution in [2.24, 2.45) is 0 Å². The van der Waals surface area contributed by atoms with Crippen molar-refractivity contribution >= 4 is 69.2 Å². The first-order valence-electron chi connectivity index (χ1n) is 15.8. The summed E-state index contributed by atoms with van der Waals surface area (Å²) in [6, 6.07) is 27.8. The van der Waals surface area contributed by atoms with E-state index in [-0.39, 0.29) is 33.5 Å². The first kappa shape index (κ1) is 32.2. The van der Waals surface area contributed by atoms with Crippen molar-refractivity contribution in [2.45, 2.75) is 33.0 Å². The highest BCUT2D eigenvalue weighted by Crippen LogP contribution is 2.36. The number of carbonyl (C=O) groups is 4. The van der Waals surface area contributed by atoms with Crippen molar-refractivity contribution in [1.82, 2.24) is 5.32 Å². The fourth-order valence-corrected chi connectivity index (χ4v) is 6.54. The molecule has 0 saturated heterocycles. The number of nitrogens with one attached hydrogen (secondary N) is 1. The lowest BCUT2D eigenvalue weighted by Crippen LogP contribution is -2.26. The number of hydrogen-bond acceptors (Lipinski definition) is 4. The second-order valence-corrected chi connectivity index (χ2v) is 12.1. The first-order valence-corrected chi connectivity index (χ1v) is 15.8. The van der Waals surface area contributed by atoms with Gasteiger partial charge in [-0.1, -0.05) is 90.2 Å². The minimum absolute atomic E-state index is 0.0105. The molecule has 3 N–H and O–H groups in total. The number of aryl methyl sites for hydroxylation is 3. The molecular weight excluding hydrogens is 601 g/mol. The molecule has 0 heterocycles. The quantitative estimate of drug-likeness (QED) is 0.0848. The Hall–Kier alpha value is -5.76. The van der Waals surface area contributed by atoms with E-state index in [4.69, 9.17) is 0 Å². The van der Waals surface area contributed by atoms with Crippen molar-refractivity contribution in [1.29, 1.82) is 0 Å². The number of benzene rings is 6. The molecule has 0 aliphatic rings. The summed E-state index contributed by atoms with van der Waals surface area (Å²) < 4.78 is 0. The summed E-state index contributed by atoms with van der Waals surface area (Å²) in [5, 5.41) is 26.6. The molecular formula is C40H33BNO6. The number of amides is 1. The molecule has 0 aliphatic carbocycles. The number of fused-ring (bicyclic) bond motifs is 2. The van der Waals surface area contributed by atoms with E-state index in [1.807, 2.05) is 50.2 Å². The predicted octanol–water partition coefficient (Wildman–Crippen LogP) is 6.52. The maximum Gasteiger partial charge on any atom is 0.336 e. The van der Waals surface area contributed by atoms with Crippen LogP contribution in [0.3, 0.4) is 0 Å². The number of rotatable bonds is 11. The molecule has 0 aromatic heterocycles. The highest BCUT2D eigenvalue weighted by molar-refractivity contribution is 6.77. The SMILES string of the molecule is Cc1cccc(CC[B]C(=O)c2ccc3c(cc4ccc(C(=O)NCCc5cccc(C)c5)c5c(C(=O)O)ccc3c45)/c2=C/C(=O)O)c1. The Labute approximate surface area is 278 Å². The van der Waals surface area contributed by atoms with Gasteiger partial charge in [0.15, 0.2) is 0 Å². The van der Waals surface area contributed by atoms with Crippen LogP contribution >= 0.6 is 0 Å². The van der Waals surface area contributed by atoms with Crippen LogP contribution in [0.5, 0.6) is 0 Å². The maximum absolute atomic E-state index is 13.5. The summed E-state index contributed by atoms with van der Waals surface area (Å²) in [5.41, 5.74) is 4.68. The normalized spacial score (nSPS) is 11.7. The smallest absolute Gasteiger partial charge is 0.336 e. The maximum atomic E-state index is 13.5. The fraction of sp³-hybridized carbons (Fsp3) is 0.150. The van der Waals surface area contributed by atoms with E-state index < -0.39 is 11.9 Å². The minimum Gasteiger partial charge on any atom is -0.478 e. The monoisotopic (exact) mass is 634 g/mol. The molecule has 1 radical (unpaired) electrons. The molecule has 0 spiro atoms. The summed E-state index contributed by atoms with van der Waals surface area (Å²) >= 11 is 0. The van der Waals surface area contributed by atoms with E-state index in [2.05, 4.69) is 17.4 Å². The molecule has 0 saturated carbocycles. The Morgan fingerprint density at radius 2 is 1.33 bits per heavy atom. The summed E-state index contributed by atoms with van der Waals surface area (Å²) in [6.45, 7) is 4.39. The molecule has 237 valence electrons. The minimum atomic E-state index is -1.19. The molecule has 0 atom stereocenters. The summed E-state index contributed by atoms with van der Waals surface area (Å²) in [5.74, 6) is -2.75. The van der Waals surface area contributed by atoms with Crippen molar-refractivity contribution in [3.05, 3.63) is 135 Å². The first-order chi connectivity index (χ1) is 23.1. The Balaban J connectivity index is 1.41. The third kappa shape index (κ3) is 6.55. The predicted molar refractivity (Wildman–Crippen MR) is 190 cm³/mol. The average Bonchev–Trinajstić information content (AvgIpc) is 3.05. The van der Waals surface area contributed by atoms with Gasteiger partial charge in [-0.25, -0.2) is 9.59 Å².